The van der Waals surface area contributed by atoms with Crippen molar-refractivity contribution in [1.29, 1.82) is 0 Å². The Morgan fingerprint density at radius 3 is 2.46 bits per heavy atom. The van der Waals surface area contributed by atoms with Gasteiger partial charge in [-0.1, -0.05) is 41.1 Å². The smallest absolute Gasteiger partial charge is 0.207 e. The van der Waals surface area contributed by atoms with Crippen molar-refractivity contribution >= 4 is 40.1 Å². The molecule has 2 aromatic carbocycles. The third kappa shape index (κ3) is 3.63. The summed E-state index contributed by atoms with van der Waals surface area (Å²) in [5.41, 5.74) is 1.47. The zero-order valence-corrected chi connectivity index (χ0v) is 14.8. The highest BCUT2D eigenvalue weighted by Crippen LogP contribution is 2.19. The third-order valence-electron chi connectivity index (χ3n) is 3.64. The molecule has 0 bridgehead atoms. The van der Waals surface area contributed by atoms with Crippen molar-refractivity contribution < 1.29 is 8.78 Å². The molecule has 130 valence electrons. The number of halogens is 3. The van der Waals surface area contributed by atoms with E-state index in [1.807, 2.05) is 36.4 Å². The molecule has 4 aromatic rings. The predicted molar refractivity (Wildman–Crippen MR) is 98.2 cm³/mol. The molecule has 2 aromatic heterocycles. The summed E-state index contributed by atoms with van der Waals surface area (Å²) in [6.45, 7) is 0. The third-order valence-corrected chi connectivity index (χ3v) is 4.76. The van der Waals surface area contributed by atoms with Gasteiger partial charge >= 0.3 is 0 Å². The molecule has 0 aliphatic rings. The summed E-state index contributed by atoms with van der Waals surface area (Å²) in [5, 5.41) is 14.0. The van der Waals surface area contributed by atoms with Crippen LogP contribution < -0.4 is 0 Å². The van der Waals surface area contributed by atoms with Gasteiger partial charge in [0.1, 0.15) is 16.6 Å². The van der Waals surface area contributed by atoms with Crippen LogP contribution in [0.2, 0.25) is 5.02 Å². The zero-order valence-electron chi connectivity index (χ0n) is 13.2. The van der Waals surface area contributed by atoms with Crippen molar-refractivity contribution in [3.05, 3.63) is 81.1 Å². The number of fused-ring (bicyclic) bond motifs is 1. The van der Waals surface area contributed by atoms with Gasteiger partial charge in [0.2, 0.25) is 4.96 Å². The molecule has 26 heavy (non-hydrogen) atoms. The van der Waals surface area contributed by atoms with Gasteiger partial charge in [-0.25, -0.2) is 8.78 Å². The topological polar surface area (TPSA) is 43.1 Å². The fourth-order valence-corrected chi connectivity index (χ4v) is 3.37. The monoisotopic (exact) mass is 388 g/mol. The summed E-state index contributed by atoms with van der Waals surface area (Å²) < 4.78 is 28.3. The van der Waals surface area contributed by atoms with E-state index in [9.17, 15) is 8.78 Å². The van der Waals surface area contributed by atoms with Crippen molar-refractivity contribution in [2.75, 3.05) is 0 Å². The second-order valence-electron chi connectivity index (χ2n) is 5.59. The lowest BCUT2D eigenvalue weighted by molar-refractivity contribution is 0.580. The molecule has 0 fully saturated rings. The summed E-state index contributed by atoms with van der Waals surface area (Å²) in [6.07, 6.45) is 4.03. The summed E-state index contributed by atoms with van der Waals surface area (Å²) in [7, 11) is 0. The Kier molecular flexibility index (Phi) is 4.48. The first-order chi connectivity index (χ1) is 12.6. The van der Waals surface area contributed by atoms with Crippen LogP contribution >= 0.6 is 22.9 Å². The highest BCUT2D eigenvalue weighted by atomic mass is 35.5. The van der Waals surface area contributed by atoms with Gasteiger partial charge in [0.05, 0.1) is 0 Å². The lowest BCUT2D eigenvalue weighted by Gasteiger charge is -1.99. The minimum atomic E-state index is -0.620. The summed E-state index contributed by atoms with van der Waals surface area (Å²) >= 11 is 7.25. The zero-order chi connectivity index (χ0) is 18.1. The van der Waals surface area contributed by atoms with Crippen LogP contribution in [0.4, 0.5) is 8.78 Å². The van der Waals surface area contributed by atoms with E-state index in [-0.39, 0.29) is 6.42 Å². The second-order valence-corrected chi connectivity index (χ2v) is 7.01. The highest BCUT2D eigenvalue weighted by molar-refractivity contribution is 7.17. The van der Waals surface area contributed by atoms with Crippen LogP contribution in [0.25, 0.3) is 17.1 Å². The Bertz CT molecular complexity index is 1080. The molecule has 0 N–H and O–H groups in total. The molecule has 0 aliphatic heterocycles. The average molecular weight is 389 g/mol. The molecule has 8 heteroatoms. The van der Waals surface area contributed by atoms with Gasteiger partial charge in [-0.3, -0.25) is 0 Å². The predicted octanol–water partition coefficient (Wildman–Crippen LogP) is 4.88. The van der Waals surface area contributed by atoms with Crippen molar-refractivity contribution in [3.8, 4) is 0 Å². The van der Waals surface area contributed by atoms with Crippen molar-refractivity contribution in [3.63, 3.8) is 0 Å². The van der Waals surface area contributed by atoms with E-state index in [1.54, 1.807) is 4.52 Å². The molecule has 0 radical (unpaired) electrons. The normalized spacial score (nSPS) is 11.7. The van der Waals surface area contributed by atoms with Gasteiger partial charge in [0.25, 0.3) is 0 Å². The number of benzene rings is 2. The Morgan fingerprint density at radius 1 is 1.00 bits per heavy atom. The highest BCUT2D eigenvalue weighted by Gasteiger charge is 2.12. The number of hydrogen-bond donors (Lipinski definition) is 0. The lowest BCUT2D eigenvalue weighted by Crippen LogP contribution is -1.99. The van der Waals surface area contributed by atoms with Gasteiger partial charge in [-0.15, -0.1) is 10.2 Å². The minimum absolute atomic E-state index is 0.236. The first-order valence-electron chi connectivity index (χ1n) is 7.66. The van der Waals surface area contributed by atoms with E-state index >= 15 is 0 Å². The molecule has 2 heterocycles. The summed E-state index contributed by atoms with van der Waals surface area (Å²) in [6, 6.07) is 10.8. The van der Waals surface area contributed by atoms with E-state index in [0.29, 0.717) is 21.4 Å². The maximum atomic E-state index is 13.3. The van der Waals surface area contributed by atoms with Gasteiger partial charge in [-0.2, -0.15) is 9.61 Å². The standard InChI is InChI=1S/C18H11ClF2N4S/c19-13-4-1-11(2-5-13)3-6-17-24-25-16(22-23-18(25)26-17)9-12-7-14(20)10-15(21)8-12/h1-8,10H,9H2. The molecule has 4 rings (SSSR count). The maximum Gasteiger partial charge on any atom is 0.234 e. The van der Waals surface area contributed by atoms with Gasteiger partial charge in [-0.05, 0) is 41.5 Å². The number of aromatic nitrogens is 4. The molecule has 0 amide bonds. The van der Waals surface area contributed by atoms with E-state index in [4.69, 9.17) is 11.6 Å². The molecule has 4 nitrogen and oxygen atoms in total. The molecule has 0 atom stereocenters. The largest absolute Gasteiger partial charge is 0.234 e. The summed E-state index contributed by atoms with van der Waals surface area (Å²) in [4.78, 5) is 0.618. The van der Waals surface area contributed by atoms with Crippen molar-refractivity contribution in [1.82, 2.24) is 19.8 Å². The Balaban J connectivity index is 1.59. The quantitative estimate of drug-likeness (QED) is 0.500. The van der Waals surface area contributed by atoms with E-state index in [0.717, 1.165) is 16.6 Å². The number of nitrogens with zero attached hydrogens (tertiary/aromatic N) is 4. The van der Waals surface area contributed by atoms with Crippen LogP contribution in [0.1, 0.15) is 22.0 Å². The molecule has 0 unspecified atom stereocenters. The fourth-order valence-electron chi connectivity index (χ4n) is 2.49. The van der Waals surface area contributed by atoms with E-state index in [2.05, 4.69) is 15.3 Å². The first-order valence-corrected chi connectivity index (χ1v) is 8.86. The molecule has 0 spiro atoms. The lowest BCUT2D eigenvalue weighted by atomic mass is 10.1. The minimum Gasteiger partial charge on any atom is -0.207 e. The van der Waals surface area contributed by atoms with Crippen LogP contribution in [0.3, 0.4) is 0 Å². The number of hydrogen-bond acceptors (Lipinski definition) is 4. The molecular formula is C18H11ClF2N4S. The molecular weight excluding hydrogens is 378 g/mol. The average Bonchev–Trinajstić information content (AvgIpc) is 3.15. The SMILES string of the molecule is Fc1cc(F)cc(Cc2nnc3sc(C=Cc4ccc(Cl)cc4)nn23)c1. The Labute approximate surface area is 156 Å². The van der Waals surface area contributed by atoms with Crippen LogP contribution in [0, 0.1) is 11.6 Å². The molecule has 0 saturated heterocycles. The summed E-state index contributed by atoms with van der Waals surface area (Å²) in [5.74, 6) is -0.719. The second kappa shape index (κ2) is 6.93. The van der Waals surface area contributed by atoms with Gasteiger partial charge < -0.3 is 0 Å². The first kappa shape index (κ1) is 16.8. The Morgan fingerprint density at radius 2 is 1.73 bits per heavy atom. The van der Waals surface area contributed by atoms with Crippen LogP contribution in [-0.2, 0) is 6.42 Å². The van der Waals surface area contributed by atoms with Gasteiger partial charge in [0, 0.05) is 17.5 Å². The van der Waals surface area contributed by atoms with Crippen LogP contribution in [-0.4, -0.2) is 19.8 Å². The van der Waals surface area contributed by atoms with Crippen LogP contribution in [0.5, 0.6) is 0 Å². The van der Waals surface area contributed by atoms with Crippen molar-refractivity contribution in [2.45, 2.75) is 6.42 Å². The molecule has 0 aliphatic carbocycles. The van der Waals surface area contributed by atoms with E-state index < -0.39 is 11.6 Å². The van der Waals surface area contributed by atoms with Gasteiger partial charge in [0.15, 0.2) is 5.82 Å². The van der Waals surface area contributed by atoms with Crippen LogP contribution in [0.15, 0.2) is 42.5 Å². The maximum absolute atomic E-state index is 13.3. The van der Waals surface area contributed by atoms with Crippen molar-refractivity contribution in [2.24, 2.45) is 0 Å². The van der Waals surface area contributed by atoms with E-state index in [1.165, 1.54) is 23.5 Å². The molecule has 0 saturated carbocycles. The Hall–Kier alpha value is -2.64. The fraction of sp³-hybridized carbons (Fsp3) is 0.0556. The number of rotatable bonds is 4.